The molecule has 7 heteroatoms. The number of hydrogen-bond donors (Lipinski definition) is 1. The Labute approximate surface area is 105 Å². The van der Waals surface area contributed by atoms with Gasteiger partial charge in [0, 0.05) is 0 Å². The summed E-state index contributed by atoms with van der Waals surface area (Å²) in [5.41, 5.74) is 0.955. The van der Waals surface area contributed by atoms with E-state index in [1.807, 2.05) is 13.8 Å². The molecule has 0 fully saturated rings. The molecular weight excluding hydrogens is 217 g/mol. The van der Waals surface area contributed by atoms with E-state index in [9.17, 15) is 13.2 Å². The van der Waals surface area contributed by atoms with Crippen LogP contribution in [0.4, 0.5) is 0 Å². The molecule has 0 spiro atoms. The molecular formula is C7H10NNaO4S. The first-order chi connectivity index (χ1) is 5.81. The standard InChI is InChI=1S/C7H11NO4S.Na/c1-6(2)4-3-5-7(9)8-13(10,11)12;/h3-5H,1-2H3,(H2,8,9,10,11,12);/q;+1/p-1. The van der Waals surface area contributed by atoms with E-state index in [1.54, 1.807) is 6.08 Å². The summed E-state index contributed by atoms with van der Waals surface area (Å²) >= 11 is 0. The molecule has 0 radical (unpaired) electrons. The second-order valence-corrected chi connectivity index (χ2v) is 3.56. The zero-order valence-corrected chi connectivity index (χ0v) is 11.1. The van der Waals surface area contributed by atoms with Crippen molar-refractivity contribution in [2.75, 3.05) is 0 Å². The average Bonchev–Trinajstić information content (AvgIpc) is 1.81. The molecule has 0 aromatic rings. The summed E-state index contributed by atoms with van der Waals surface area (Å²) in [7, 11) is -4.57. The van der Waals surface area contributed by atoms with E-state index < -0.39 is 16.2 Å². The number of nitrogens with zero attached hydrogens (tertiary/aromatic N) is 1. The molecule has 0 aromatic heterocycles. The van der Waals surface area contributed by atoms with Crippen molar-refractivity contribution < 1.29 is 47.3 Å². The number of rotatable bonds is 3. The summed E-state index contributed by atoms with van der Waals surface area (Å²) in [6, 6.07) is 0. The monoisotopic (exact) mass is 227 g/mol. The van der Waals surface area contributed by atoms with Gasteiger partial charge in [-0.15, -0.1) is 0 Å². The molecule has 1 amide bonds. The van der Waals surface area contributed by atoms with Gasteiger partial charge in [-0.05, 0) is 19.9 Å². The minimum Gasteiger partial charge on any atom is -0.519 e. The Balaban J connectivity index is 0. The van der Waals surface area contributed by atoms with Gasteiger partial charge in [0.05, 0.1) is 5.91 Å². The molecule has 0 bridgehead atoms. The minimum absolute atomic E-state index is 0. The van der Waals surface area contributed by atoms with Crippen LogP contribution in [0.25, 0.3) is 4.72 Å². The van der Waals surface area contributed by atoms with E-state index >= 15 is 0 Å². The van der Waals surface area contributed by atoms with E-state index in [-0.39, 0.29) is 29.6 Å². The first kappa shape index (κ1) is 16.3. The fraction of sp³-hybridized carbons (Fsp3) is 0.286. The van der Waals surface area contributed by atoms with E-state index in [1.165, 1.54) is 6.08 Å². The van der Waals surface area contributed by atoms with E-state index in [0.29, 0.717) is 0 Å². The van der Waals surface area contributed by atoms with Crippen LogP contribution in [0.1, 0.15) is 13.8 Å². The first-order valence-electron chi connectivity index (χ1n) is 3.37. The Morgan fingerprint density at radius 3 is 2.21 bits per heavy atom. The van der Waals surface area contributed by atoms with Gasteiger partial charge in [0.15, 0.2) is 0 Å². The maximum Gasteiger partial charge on any atom is 1.00 e. The van der Waals surface area contributed by atoms with E-state index in [4.69, 9.17) is 4.55 Å². The smallest absolute Gasteiger partial charge is 0.519 e. The average molecular weight is 227 g/mol. The van der Waals surface area contributed by atoms with Crippen LogP contribution < -0.4 is 29.6 Å². The summed E-state index contributed by atoms with van der Waals surface area (Å²) in [6.45, 7) is 3.63. The van der Waals surface area contributed by atoms with Crippen LogP contribution in [0.5, 0.6) is 0 Å². The van der Waals surface area contributed by atoms with Crippen LogP contribution >= 0.6 is 0 Å². The van der Waals surface area contributed by atoms with Crippen LogP contribution in [0, 0.1) is 0 Å². The number of carbonyl (C=O) groups excluding carboxylic acids is 1. The Morgan fingerprint density at radius 2 is 1.86 bits per heavy atom. The van der Waals surface area contributed by atoms with Gasteiger partial charge in [-0.1, -0.05) is 17.7 Å². The van der Waals surface area contributed by atoms with Crippen LogP contribution in [0.3, 0.4) is 0 Å². The first-order valence-corrected chi connectivity index (χ1v) is 4.77. The Hall–Kier alpha value is -0.140. The molecule has 1 N–H and O–H groups in total. The quantitative estimate of drug-likeness (QED) is 0.267. The number of carbonyl (C=O) groups is 1. The summed E-state index contributed by atoms with van der Waals surface area (Å²) < 4.78 is 30.7. The zero-order valence-electron chi connectivity index (χ0n) is 8.26. The summed E-state index contributed by atoms with van der Waals surface area (Å²) in [5, 5.41) is 0. The van der Waals surface area contributed by atoms with Gasteiger partial charge in [-0.3, -0.25) is 4.55 Å². The second-order valence-electron chi connectivity index (χ2n) is 2.48. The molecule has 0 saturated carbocycles. The summed E-state index contributed by atoms with van der Waals surface area (Å²) in [6.07, 6.45) is 3.91. The largest absolute Gasteiger partial charge is 1.00 e. The molecule has 0 rings (SSSR count). The van der Waals surface area contributed by atoms with E-state index in [0.717, 1.165) is 11.6 Å². The van der Waals surface area contributed by atoms with E-state index in [2.05, 4.69) is 4.72 Å². The maximum atomic E-state index is 10.6. The Morgan fingerprint density at radius 1 is 1.36 bits per heavy atom. The predicted octanol–water partition coefficient (Wildman–Crippen LogP) is -1.78. The van der Waals surface area contributed by atoms with Gasteiger partial charge in [-0.2, -0.15) is 0 Å². The van der Waals surface area contributed by atoms with Crippen molar-refractivity contribution in [2.24, 2.45) is 0 Å². The maximum absolute atomic E-state index is 10.6. The molecule has 0 aliphatic rings. The van der Waals surface area contributed by atoms with Gasteiger partial charge >= 0.3 is 29.6 Å². The molecule has 0 unspecified atom stereocenters. The van der Waals surface area contributed by atoms with Crippen LogP contribution in [-0.2, 0) is 15.1 Å². The van der Waals surface area contributed by atoms with Crippen molar-refractivity contribution >= 4 is 16.2 Å². The van der Waals surface area contributed by atoms with Crippen molar-refractivity contribution in [1.29, 1.82) is 0 Å². The number of allylic oxidation sites excluding steroid dienone is 3. The fourth-order valence-electron chi connectivity index (χ4n) is 0.467. The number of hydrogen-bond acceptors (Lipinski definition) is 3. The molecule has 74 valence electrons. The topological polar surface area (TPSA) is 85.5 Å². The summed E-state index contributed by atoms with van der Waals surface area (Å²) in [5.74, 6) is -1.01. The summed E-state index contributed by atoms with van der Waals surface area (Å²) in [4.78, 5) is 10.6. The van der Waals surface area contributed by atoms with Crippen molar-refractivity contribution in [3.8, 4) is 0 Å². The fourth-order valence-corrected chi connectivity index (χ4v) is 0.755. The molecule has 0 atom stereocenters. The third-order valence-corrected chi connectivity index (χ3v) is 1.28. The van der Waals surface area contributed by atoms with Crippen molar-refractivity contribution in [3.05, 3.63) is 28.5 Å². The van der Waals surface area contributed by atoms with Crippen molar-refractivity contribution in [3.63, 3.8) is 0 Å². The molecule has 0 saturated heterocycles. The molecule has 5 nitrogen and oxygen atoms in total. The molecule has 0 aliphatic heterocycles. The third kappa shape index (κ3) is 11.9. The van der Waals surface area contributed by atoms with Gasteiger partial charge in [-0.25, -0.2) is 8.42 Å². The second kappa shape index (κ2) is 7.19. The van der Waals surface area contributed by atoms with Gasteiger partial charge < -0.3 is 9.52 Å². The normalized spacial score (nSPS) is 10.5. The molecule has 0 heterocycles. The van der Waals surface area contributed by atoms with Gasteiger partial charge in [0.2, 0.25) is 10.3 Å². The van der Waals surface area contributed by atoms with Crippen molar-refractivity contribution in [1.82, 2.24) is 0 Å². The van der Waals surface area contributed by atoms with Crippen LogP contribution in [0.2, 0.25) is 0 Å². The van der Waals surface area contributed by atoms with Crippen molar-refractivity contribution in [2.45, 2.75) is 13.8 Å². The SMILES string of the molecule is CC(C)=CC=CC(=O)[N-]S(=O)(=O)O.[Na+]. The zero-order chi connectivity index (χ0) is 10.5. The molecule has 0 aromatic carbocycles. The van der Waals surface area contributed by atoms with Crippen LogP contribution in [-0.4, -0.2) is 18.9 Å². The Kier molecular flexibility index (Phi) is 8.37. The van der Waals surface area contributed by atoms with Crippen LogP contribution in [0.15, 0.2) is 23.8 Å². The van der Waals surface area contributed by atoms with Gasteiger partial charge in [0.1, 0.15) is 0 Å². The third-order valence-electron chi connectivity index (χ3n) is 0.874. The predicted molar refractivity (Wildman–Crippen MR) is 48.5 cm³/mol. The molecule has 0 aliphatic carbocycles. The number of amides is 1. The van der Waals surface area contributed by atoms with Gasteiger partial charge in [0.25, 0.3) is 0 Å². The Bertz CT molecular complexity index is 341. The molecule has 14 heavy (non-hydrogen) atoms. The minimum atomic E-state index is -4.57.